The molecule has 3 nitrogen and oxygen atoms in total. The van der Waals surface area contributed by atoms with Gasteiger partial charge in [0, 0.05) is 5.69 Å². The number of anilines is 1. The number of rotatable bonds is 1. The topological polar surface area (TPSA) is 29.3 Å². The quantitative estimate of drug-likeness (QED) is 0.456. The maximum Gasteiger partial charge on any atom is 0.229 e. The second-order valence-electron chi connectivity index (χ2n) is 2.80. The molecule has 0 fully saturated rings. The third kappa shape index (κ3) is 1.25. The normalized spacial score (nSPS) is 16.3. The van der Waals surface area contributed by atoms with Crippen LogP contribution in [0.4, 0.5) is 5.69 Å². The lowest BCUT2D eigenvalue weighted by Crippen LogP contribution is -2.22. The van der Waals surface area contributed by atoms with Crippen LogP contribution >= 0.6 is 0 Å². The van der Waals surface area contributed by atoms with Gasteiger partial charge in [0.2, 0.25) is 6.67 Å². The van der Waals surface area contributed by atoms with E-state index >= 15 is 0 Å². The summed E-state index contributed by atoms with van der Waals surface area (Å²) < 4.78 is 0.951. The molecule has 1 heterocycles. The standard InChI is InChI=1S/C9H10N2O/c12-11-7-6-10(8-11)9-4-2-1-3-5-9/h1-5,7H,6,8H2. The van der Waals surface area contributed by atoms with Gasteiger partial charge in [0.05, 0.1) is 0 Å². The Hall–Kier alpha value is -1.51. The van der Waals surface area contributed by atoms with Crippen molar-refractivity contribution in [3.63, 3.8) is 0 Å². The van der Waals surface area contributed by atoms with E-state index in [1.54, 1.807) is 6.21 Å². The highest BCUT2D eigenvalue weighted by Crippen LogP contribution is 2.13. The Morgan fingerprint density at radius 3 is 2.58 bits per heavy atom. The van der Waals surface area contributed by atoms with Crippen LogP contribution in [0.1, 0.15) is 0 Å². The third-order valence-corrected chi connectivity index (χ3v) is 1.94. The van der Waals surface area contributed by atoms with Crippen LogP contribution in [0, 0.1) is 5.21 Å². The Kier molecular flexibility index (Phi) is 1.70. The Morgan fingerprint density at radius 2 is 2.00 bits per heavy atom. The maximum absolute atomic E-state index is 10.8. The van der Waals surface area contributed by atoms with Crippen LogP contribution in [-0.2, 0) is 0 Å². The van der Waals surface area contributed by atoms with Crippen LogP contribution in [0.3, 0.4) is 0 Å². The number of para-hydroxylation sites is 1. The smallest absolute Gasteiger partial charge is 0.229 e. The molecule has 62 valence electrons. The van der Waals surface area contributed by atoms with Crippen LogP contribution in [-0.4, -0.2) is 24.2 Å². The van der Waals surface area contributed by atoms with Crippen molar-refractivity contribution in [2.45, 2.75) is 0 Å². The van der Waals surface area contributed by atoms with Gasteiger partial charge in [0.15, 0.2) is 6.21 Å². The van der Waals surface area contributed by atoms with Gasteiger partial charge < -0.3 is 10.1 Å². The van der Waals surface area contributed by atoms with Gasteiger partial charge in [-0.25, -0.2) is 0 Å². The SMILES string of the molecule is [O-][N+]1=CCN(c2ccccc2)C1. The first kappa shape index (κ1) is 7.16. The van der Waals surface area contributed by atoms with Gasteiger partial charge in [-0.2, -0.15) is 4.74 Å². The zero-order valence-corrected chi connectivity index (χ0v) is 6.68. The molecule has 0 aliphatic carbocycles. The Labute approximate surface area is 71.1 Å². The van der Waals surface area contributed by atoms with Crippen LogP contribution in [0.5, 0.6) is 0 Å². The Bertz CT molecular complexity index is 295. The van der Waals surface area contributed by atoms with E-state index in [0.717, 1.165) is 10.4 Å². The van der Waals surface area contributed by atoms with E-state index < -0.39 is 0 Å². The molecule has 1 aromatic carbocycles. The number of benzene rings is 1. The molecule has 0 amide bonds. The zero-order valence-electron chi connectivity index (χ0n) is 6.68. The number of hydroxylamine groups is 1. The van der Waals surface area contributed by atoms with Crippen molar-refractivity contribution in [1.29, 1.82) is 0 Å². The summed E-state index contributed by atoms with van der Waals surface area (Å²) in [5.41, 5.74) is 1.10. The highest BCUT2D eigenvalue weighted by Gasteiger charge is 2.14. The van der Waals surface area contributed by atoms with Crippen molar-refractivity contribution in [3.8, 4) is 0 Å². The molecule has 0 saturated carbocycles. The van der Waals surface area contributed by atoms with Crippen molar-refractivity contribution in [1.82, 2.24) is 0 Å². The van der Waals surface area contributed by atoms with Crippen LogP contribution in [0.2, 0.25) is 0 Å². The third-order valence-electron chi connectivity index (χ3n) is 1.94. The Balaban J connectivity index is 2.14. The molecule has 0 bridgehead atoms. The molecular weight excluding hydrogens is 152 g/mol. The van der Waals surface area contributed by atoms with Crippen molar-refractivity contribution in [3.05, 3.63) is 35.5 Å². The van der Waals surface area contributed by atoms with E-state index in [-0.39, 0.29) is 0 Å². The number of nitrogens with zero attached hydrogens (tertiary/aromatic N) is 2. The fraction of sp³-hybridized carbons (Fsp3) is 0.222. The molecule has 0 atom stereocenters. The Morgan fingerprint density at radius 1 is 1.25 bits per heavy atom. The fourth-order valence-electron chi connectivity index (χ4n) is 1.30. The minimum absolute atomic E-state index is 0.448. The molecule has 0 aromatic heterocycles. The molecule has 1 aromatic rings. The molecule has 1 aliphatic rings. The second kappa shape index (κ2) is 2.85. The van der Waals surface area contributed by atoms with Crippen LogP contribution in [0.15, 0.2) is 30.3 Å². The van der Waals surface area contributed by atoms with E-state index in [2.05, 4.69) is 0 Å². The predicted octanol–water partition coefficient (Wildman–Crippen LogP) is 1.05. The molecule has 0 radical (unpaired) electrons. The maximum atomic E-state index is 10.8. The molecule has 2 rings (SSSR count). The lowest BCUT2D eigenvalue weighted by atomic mass is 10.3. The van der Waals surface area contributed by atoms with E-state index in [0.29, 0.717) is 13.2 Å². The summed E-state index contributed by atoms with van der Waals surface area (Å²) in [5, 5.41) is 10.8. The predicted molar refractivity (Wildman–Crippen MR) is 48.3 cm³/mol. The first-order valence-corrected chi connectivity index (χ1v) is 3.93. The summed E-state index contributed by atoms with van der Waals surface area (Å²) in [7, 11) is 0. The van der Waals surface area contributed by atoms with Gasteiger partial charge in [-0.15, -0.1) is 0 Å². The molecule has 1 aliphatic heterocycles. The van der Waals surface area contributed by atoms with Gasteiger partial charge in [0.25, 0.3) is 0 Å². The van der Waals surface area contributed by atoms with Gasteiger partial charge in [-0.1, -0.05) is 18.2 Å². The average Bonchev–Trinajstić information content (AvgIpc) is 2.54. The first-order chi connectivity index (χ1) is 5.86. The minimum Gasteiger partial charge on any atom is -0.623 e. The first-order valence-electron chi connectivity index (χ1n) is 3.93. The summed E-state index contributed by atoms with van der Waals surface area (Å²) in [6.45, 7) is 1.16. The van der Waals surface area contributed by atoms with E-state index in [1.165, 1.54) is 0 Å². The fourth-order valence-corrected chi connectivity index (χ4v) is 1.30. The lowest BCUT2D eigenvalue weighted by molar-refractivity contribution is -0.443. The van der Waals surface area contributed by atoms with E-state index in [9.17, 15) is 5.21 Å². The second-order valence-corrected chi connectivity index (χ2v) is 2.80. The summed E-state index contributed by atoms with van der Waals surface area (Å²) in [4.78, 5) is 2.02. The average molecular weight is 162 g/mol. The summed E-state index contributed by atoms with van der Waals surface area (Å²) >= 11 is 0. The number of hydrogen-bond acceptors (Lipinski definition) is 2. The molecule has 0 saturated heterocycles. The van der Waals surface area contributed by atoms with E-state index in [4.69, 9.17) is 0 Å². The highest BCUT2D eigenvalue weighted by molar-refractivity contribution is 5.64. The van der Waals surface area contributed by atoms with Crippen molar-refractivity contribution in [2.24, 2.45) is 0 Å². The van der Waals surface area contributed by atoms with E-state index in [1.807, 2.05) is 35.2 Å². The largest absolute Gasteiger partial charge is 0.623 e. The molecule has 0 N–H and O–H groups in total. The monoisotopic (exact) mass is 162 g/mol. The van der Waals surface area contributed by atoms with Crippen molar-refractivity contribution >= 4 is 11.9 Å². The molecule has 12 heavy (non-hydrogen) atoms. The summed E-state index contributed by atoms with van der Waals surface area (Å²) in [6.07, 6.45) is 1.65. The number of hydrogen-bond donors (Lipinski definition) is 0. The van der Waals surface area contributed by atoms with Gasteiger partial charge >= 0.3 is 0 Å². The zero-order chi connectivity index (χ0) is 8.39. The molecule has 3 heteroatoms. The summed E-state index contributed by atoms with van der Waals surface area (Å²) in [5.74, 6) is 0. The van der Waals surface area contributed by atoms with Gasteiger partial charge in [0.1, 0.15) is 6.54 Å². The molecular formula is C9H10N2O. The highest BCUT2D eigenvalue weighted by atomic mass is 16.5. The van der Waals surface area contributed by atoms with Crippen LogP contribution in [0.25, 0.3) is 0 Å². The van der Waals surface area contributed by atoms with Crippen molar-refractivity contribution in [2.75, 3.05) is 18.1 Å². The minimum atomic E-state index is 0.448. The molecule has 0 unspecified atom stereocenters. The lowest BCUT2D eigenvalue weighted by Gasteiger charge is -2.13. The van der Waals surface area contributed by atoms with Gasteiger partial charge in [-0.05, 0) is 12.1 Å². The molecule has 0 spiro atoms. The summed E-state index contributed by atoms with van der Waals surface area (Å²) in [6, 6.07) is 9.93. The van der Waals surface area contributed by atoms with Gasteiger partial charge in [-0.3, -0.25) is 0 Å². The van der Waals surface area contributed by atoms with Crippen LogP contribution < -0.4 is 4.90 Å². The van der Waals surface area contributed by atoms with Crippen molar-refractivity contribution < 1.29 is 4.74 Å².